The number of thiophene rings is 1. The molecular formula is C16H20N2O3S2. The van der Waals surface area contributed by atoms with Gasteiger partial charge in [0.15, 0.2) is 0 Å². The predicted molar refractivity (Wildman–Crippen MR) is 93.2 cm³/mol. The molecule has 1 amide bonds. The number of hydrogen-bond acceptors (Lipinski definition) is 4. The van der Waals surface area contributed by atoms with Crippen LogP contribution in [-0.4, -0.2) is 20.9 Å². The van der Waals surface area contributed by atoms with Crippen molar-refractivity contribution in [2.45, 2.75) is 31.1 Å². The molecule has 0 fully saturated rings. The van der Waals surface area contributed by atoms with E-state index in [1.54, 1.807) is 23.5 Å². The highest BCUT2D eigenvalue weighted by Crippen LogP contribution is 2.15. The van der Waals surface area contributed by atoms with Crippen LogP contribution >= 0.6 is 11.3 Å². The molecule has 0 saturated carbocycles. The van der Waals surface area contributed by atoms with Crippen molar-refractivity contribution in [2.75, 3.05) is 11.9 Å². The zero-order valence-electron chi connectivity index (χ0n) is 12.9. The Morgan fingerprint density at radius 1 is 1.17 bits per heavy atom. The minimum atomic E-state index is -3.47. The molecule has 0 atom stereocenters. The van der Waals surface area contributed by atoms with E-state index < -0.39 is 10.0 Å². The Labute approximate surface area is 140 Å². The number of nitrogens with one attached hydrogen (secondary N) is 2. The molecule has 0 spiro atoms. The minimum Gasteiger partial charge on any atom is -0.326 e. The second-order valence-electron chi connectivity index (χ2n) is 5.10. The lowest BCUT2D eigenvalue weighted by Gasteiger charge is -2.08. The highest BCUT2D eigenvalue weighted by atomic mass is 32.2. The first-order valence-corrected chi connectivity index (χ1v) is 9.84. The number of carbonyl (C=O) groups excluding carboxylic acids is 1. The molecular weight excluding hydrogens is 332 g/mol. The van der Waals surface area contributed by atoms with Crippen molar-refractivity contribution in [1.82, 2.24) is 4.72 Å². The Morgan fingerprint density at radius 2 is 1.91 bits per heavy atom. The smallest absolute Gasteiger partial charge is 0.240 e. The molecule has 0 aliphatic rings. The second-order valence-corrected chi connectivity index (χ2v) is 7.65. The maximum Gasteiger partial charge on any atom is 0.240 e. The molecule has 0 radical (unpaired) electrons. The largest absolute Gasteiger partial charge is 0.326 e. The predicted octanol–water partition coefficient (Wildman–Crippen LogP) is 3.01. The monoisotopic (exact) mass is 352 g/mol. The number of sulfonamides is 1. The summed E-state index contributed by atoms with van der Waals surface area (Å²) in [4.78, 5) is 12.1. The summed E-state index contributed by atoms with van der Waals surface area (Å²) in [6.45, 7) is 2.31. The molecule has 1 heterocycles. The van der Waals surface area contributed by atoms with Gasteiger partial charge in [0.1, 0.15) is 0 Å². The fourth-order valence-corrected chi connectivity index (χ4v) is 3.79. The van der Waals surface area contributed by atoms with Crippen LogP contribution in [0.2, 0.25) is 0 Å². The van der Waals surface area contributed by atoms with Crippen molar-refractivity contribution >= 4 is 33.0 Å². The minimum absolute atomic E-state index is 0.0871. The summed E-state index contributed by atoms with van der Waals surface area (Å²) in [7, 11) is -3.47. The van der Waals surface area contributed by atoms with Gasteiger partial charge in [-0.3, -0.25) is 4.79 Å². The molecule has 23 heavy (non-hydrogen) atoms. The van der Waals surface area contributed by atoms with Crippen LogP contribution in [0.15, 0.2) is 46.0 Å². The molecule has 1 aromatic heterocycles. The first kappa shape index (κ1) is 17.7. The van der Waals surface area contributed by atoms with Gasteiger partial charge in [-0.2, -0.15) is 11.3 Å². The molecule has 2 aromatic rings. The summed E-state index contributed by atoms with van der Waals surface area (Å²) in [5, 5.41) is 6.78. The molecule has 7 heteroatoms. The van der Waals surface area contributed by atoms with E-state index >= 15 is 0 Å². The average Bonchev–Trinajstić information content (AvgIpc) is 3.05. The van der Waals surface area contributed by atoms with Gasteiger partial charge >= 0.3 is 0 Å². The number of rotatable bonds is 8. The lowest BCUT2D eigenvalue weighted by molar-refractivity contribution is -0.116. The number of benzene rings is 1. The molecule has 0 aliphatic carbocycles. The van der Waals surface area contributed by atoms with Gasteiger partial charge in [-0.25, -0.2) is 13.1 Å². The van der Waals surface area contributed by atoms with Crippen LogP contribution in [0.5, 0.6) is 0 Å². The maximum absolute atomic E-state index is 12.0. The van der Waals surface area contributed by atoms with Crippen molar-refractivity contribution in [3.05, 3.63) is 46.7 Å². The molecule has 0 saturated heterocycles. The van der Waals surface area contributed by atoms with Crippen molar-refractivity contribution in [3.63, 3.8) is 0 Å². The standard InChI is InChI=1S/C16H20N2O3S2/c1-2-10-17-23(20,21)15-6-4-14(5-7-15)18-16(19)8-3-13-9-11-22-12-13/h4-7,9,11-12,17H,2-3,8,10H2,1H3,(H,18,19). The summed E-state index contributed by atoms with van der Waals surface area (Å²) >= 11 is 1.61. The van der Waals surface area contributed by atoms with Crippen LogP contribution in [0.1, 0.15) is 25.3 Å². The first-order chi connectivity index (χ1) is 11.0. The fourth-order valence-electron chi connectivity index (χ4n) is 1.95. The van der Waals surface area contributed by atoms with E-state index in [1.807, 2.05) is 23.8 Å². The van der Waals surface area contributed by atoms with E-state index in [9.17, 15) is 13.2 Å². The summed E-state index contributed by atoms with van der Waals surface area (Å²) in [6, 6.07) is 8.19. The molecule has 0 aliphatic heterocycles. The fraction of sp³-hybridized carbons (Fsp3) is 0.312. The van der Waals surface area contributed by atoms with Crippen molar-refractivity contribution < 1.29 is 13.2 Å². The molecule has 124 valence electrons. The van der Waals surface area contributed by atoms with Crippen LogP contribution in [0.3, 0.4) is 0 Å². The van der Waals surface area contributed by atoms with Crippen molar-refractivity contribution in [2.24, 2.45) is 0 Å². The zero-order valence-corrected chi connectivity index (χ0v) is 14.5. The summed E-state index contributed by atoms with van der Waals surface area (Å²) in [5.41, 5.74) is 1.74. The van der Waals surface area contributed by atoms with Gasteiger partial charge in [0.05, 0.1) is 4.90 Å². The number of aryl methyl sites for hydroxylation is 1. The van der Waals surface area contributed by atoms with Gasteiger partial charge in [0.25, 0.3) is 0 Å². The Morgan fingerprint density at radius 3 is 2.52 bits per heavy atom. The third-order valence-corrected chi connectivity index (χ3v) is 5.42. The van der Waals surface area contributed by atoms with Crippen molar-refractivity contribution in [3.8, 4) is 0 Å². The molecule has 0 bridgehead atoms. The van der Waals surface area contributed by atoms with Crippen molar-refractivity contribution in [1.29, 1.82) is 0 Å². The van der Waals surface area contributed by atoms with Gasteiger partial charge in [-0.15, -0.1) is 0 Å². The average molecular weight is 352 g/mol. The molecule has 5 nitrogen and oxygen atoms in total. The number of carbonyl (C=O) groups is 1. The van der Waals surface area contributed by atoms with Crippen LogP contribution in [0.4, 0.5) is 5.69 Å². The van der Waals surface area contributed by atoms with Gasteiger partial charge in [0, 0.05) is 18.7 Å². The van der Waals surface area contributed by atoms with Crippen LogP contribution in [-0.2, 0) is 21.2 Å². The first-order valence-electron chi connectivity index (χ1n) is 7.42. The normalized spacial score (nSPS) is 11.3. The third-order valence-electron chi connectivity index (χ3n) is 3.21. The summed E-state index contributed by atoms with van der Waals surface area (Å²) in [6.07, 6.45) is 1.83. The zero-order chi connectivity index (χ0) is 16.7. The van der Waals surface area contributed by atoms with Gasteiger partial charge in [0.2, 0.25) is 15.9 Å². The van der Waals surface area contributed by atoms with Crippen LogP contribution < -0.4 is 10.0 Å². The molecule has 0 unspecified atom stereocenters. The quantitative estimate of drug-likeness (QED) is 0.767. The number of amides is 1. The van der Waals surface area contributed by atoms with Gasteiger partial charge < -0.3 is 5.32 Å². The molecule has 2 rings (SSSR count). The lowest BCUT2D eigenvalue weighted by Crippen LogP contribution is -2.24. The Kier molecular flexibility index (Phi) is 6.32. The van der Waals surface area contributed by atoms with E-state index in [-0.39, 0.29) is 10.8 Å². The number of anilines is 1. The van der Waals surface area contributed by atoms with Crippen LogP contribution in [0.25, 0.3) is 0 Å². The lowest BCUT2D eigenvalue weighted by atomic mass is 10.2. The van der Waals surface area contributed by atoms with E-state index in [2.05, 4.69) is 10.0 Å². The van der Waals surface area contributed by atoms with E-state index in [4.69, 9.17) is 0 Å². The van der Waals surface area contributed by atoms with Crippen LogP contribution in [0, 0.1) is 0 Å². The molecule has 2 N–H and O–H groups in total. The maximum atomic E-state index is 12.0. The van der Waals surface area contributed by atoms with E-state index in [0.29, 0.717) is 25.1 Å². The summed E-state index contributed by atoms with van der Waals surface area (Å²) < 4.78 is 26.4. The highest BCUT2D eigenvalue weighted by Gasteiger charge is 2.12. The van der Waals surface area contributed by atoms with E-state index in [0.717, 1.165) is 12.0 Å². The third kappa shape index (κ3) is 5.46. The van der Waals surface area contributed by atoms with E-state index in [1.165, 1.54) is 12.1 Å². The highest BCUT2D eigenvalue weighted by molar-refractivity contribution is 7.89. The Balaban J connectivity index is 1.90. The SMILES string of the molecule is CCCNS(=O)(=O)c1ccc(NC(=O)CCc2ccsc2)cc1. The Hall–Kier alpha value is -1.70. The van der Waals surface area contributed by atoms with Gasteiger partial charge in [-0.1, -0.05) is 6.92 Å². The Bertz CT molecular complexity index is 723. The second kappa shape index (κ2) is 8.24. The summed E-state index contributed by atoms with van der Waals surface area (Å²) in [5.74, 6) is -0.0871. The topological polar surface area (TPSA) is 75.3 Å². The van der Waals surface area contributed by atoms with Gasteiger partial charge in [-0.05, 0) is 59.5 Å². The molecule has 1 aromatic carbocycles. The number of hydrogen-bond donors (Lipinski definition) is 2.